The maximum Gasteiger partial charge on any atom is 0.455 e. The number of rotatable bonds is 4. The van der Waals surface area contributed by atoms with Crippen LogP contribution in [0.2, 0.25) is 0 Å². The highest BCUT2D eigenvalue weighted by Crippen LogP contribution is 2.23. The van der Waals surface area contributed by atoms with Gasteiger partial charge in [0.15, 0.2) is 0 Å². The van der Waals surface area contributed by atoms with E-state index in [2.05, 4.69) is 9.47 Å². The summed E-state index contributed by atoms with van der Waals surface area (Å²) in [4.78, 5) is 22.1. The van der Waals surface area contributed by atoms with E-state index in [1.165, 1.54) is 6.92 Å². The van der Waals surface area contributed by atoms with Crippen LogP contribution < -0.4 is 0 Å². The van der Waals surface area contributed by atoms with Crippen molar-refractivity contribution in [2.24, 2.45) is 0 Å². The summed E-state index contributed by atoms with van der Waals surface area (Å²) in [5.74, 6) is -4.05. The molecule has 16 heavy (non-hydrogen) atoms. The number of Topliss-reactive ketones (excluding diaryl/α,β-unsaturated/α-hetero) is 1. The van der Waals surface area contributed by atoms with Crippen LogP contribution in [-0.2, 0) is 19.1 Å². The number of allylic oxidation sites excluding steroid dienone is 1. The molecular weight excluding hydrogens is 229 g/mol. The van der Waals surface area contributed by atoms with Crippen LogP contribution in [0.15, 0.2) is 11.3 Å². The van der Waals surface area contributed by atoms with Gasteiger partial charge in [-0.1, -0.05) is 0 Å². The molecule has 0 amide bonds. The maximum absolute atomic E-state index is 12.1. The van der Waals surface area contributed by atoms with Crippen LogP contribution in [0.4, 0.5) is 13.2 Å². The van der Waals surface area contributed by atoms with Gasteiger partial charge in [-0.25, -0.2) is 4.79 Å². The van der Waals surface area contributed by atoms with Gasteiger partial charge in [0.2, 0.25) is 0 Å². The lowest BCUT2D eigenvalue weighted by atomic mass is 10.1. The van der Waals surface area contributed by atoms with Crippen molar-refractivity contribution in [2.75, 3.05) is 13.7 Å². The van der Waals surface area contributed by atoms with Crippen molar-refractivity contribution < 1.29 is 32.2 Å². The molecule has 7 heteroatoms. The molecule has 0 aromatic carbocycles. The molecule has 4 nitrogen and oxygen atoms in total. The summed E-state index contributed by atoms with van der Waals surface area (Å²) >= 11 is 0. The topological polar surface area (TPSA) is 52.6 Å². The zero-order valence-electron chi connectivity index (χ0n) is 8.97. The highest BCUT2D eigenvalue weighted by Gasteiger charge is 2.45. The summed E-state index contributed by atoms with van der Waals surface area (Å²) in [6.45, 7) is 2.36. The Morgan fingerprint density at radius 1 is 1.25 bits per heavy atom. The second-order valence-electron chi connectivity index (χ2n) is 2.68. The molecule has 0 bridgehead atoms. The summed E-state index contributed by atoms with van der Waals surface area (Å²) in [6.07, 6.45) is -5.14. The fourth-order valence-electron chi connectivity index (χ4n) is 0.843. The van der Waals surface area contributed by atoms with Gasteiger partial charge < -0.3 is 9.47 Å². The average molecular weight is 240 g/mol. The third kappa shape index (κ3) is 3.56. The second-order valence-corrected chi connectivity index (χ2v) is 2.68. The van der Waals surface area contributed by atoms with Crippen molar-refractivity contribution in [2.45, 2.75) is 20.0 Å². The first-order chi connectivity index (χ1) is 7.25. The Hall–Kier alpha value is -1.53. The van der Waals surface area contributed by atoms with Gasteiger partial charge in [0, 0.05) is 0 Å². The Morgan fingerprint density at radius 2 is 1.75 bits per heavy atom. The summed E-state index contributed by atoms with van der Waals surface area (Å²) in [6, 6.07) is 0. The number of ether oxygens (including phenoxy) is 2. The third-order valence-corrected chi connectivity index (χ3v) is 1.62. The molecule has 0 unspecified atom stereocenters. The van der Waals surface area contributed by atoms with Crippen molar-refractivity contribution in [1.82, 2.24) is 0 Å². The van der Waals surface area contributed by atoms with Gasteiger partial charge in [0.25, 0.3) is 5.78 Å². The van der Waals surface area contributed by atoms with E-state index in [1.54, 1.807) is 0 Å². The number of esters is 1. The van der Waals surface area contributed by atoms with Crippen LogP contribution in [0.3, 0.4) is 0 Å². The molecule has 0 spiro atoms. The van der Waals surface area contributed by atoms with Crippen LogP contribution in [-0.4, -0.2) is 31.6 Å². The average Bonchev–Trinajstić information content (AvgIpc) is 2.16. The van der Waals surface area contributed by atoms with E-state index in [4.69, 9.17) is 0 Å². The van der Waals surface area contributed by atoms with E-state index in [0.717, 1.165) is 14.0 Å². The van der Waals surface area contributed by atoms with Gasteiger partial charge in [0.05, 0.1) is 13.7 Å². The Kier molecular flexibility index (Phi) is 5.00. The lowest BCUT2D eigenvalue weighted by molar-refractivity contribution is -0.169. The van der Waals surface area contributed by atoms with Crippen LogP contribution in [0.1, 0.15) is 13.8 Å². The molecule has 0 aromatic rings. The minimum atomic E-state index is -5.14. The normalized spacial score (nSPS) is 12.9. The summed E-state index contributed by atoms with van der Waals surface area (Å²) < 4.78 is 45.2. The quantitative estimate of drug-likeness (QED) is 0.246. The van der Waals surface area contributed by atoms with E-state index in [9.17, 15) is 22.8 Å². The first-order valence-electron chi connectivity index (χ1n) is 4.29. The fraction of sp³-hybridized carbons (Fsp3) is 0.556. The smallest absolute Gasteiger partial charge is 0.455 e. The predicted molar refractivity (Wildman–Crippen MR) is 47.4 cm³/mol. The predicted octanol–water partition coefficient (Wildman–Crippen LogP) is 1.60. The molecule has 0 N–H and O–H groups in total. The molecule has 0 aliphatic carbocycles. The van der Waals surface area contributed by atoms with E-state index >= 15 is 0 Å². The number of hydrogen-bond donors (Lipinski definition) is 0. The van der Waals surface area contributed by atoms with Gasteiger partial charge in [-0.05, 0) is 13.8 Å². The lowest BCUT2D eigenvalue weighted by Gasteiger charge is -2.11. The fourth-order valence-corrected chi connectivity index (χ4v) is 0.843. The minimum absolute atomic E-state index is 0.134. The number of alkyl halides is 3. The van der Waals surface area contributed by atoms with Gasteiger partial charge in [-0.15, -0.1) is 0 Å². The van der Waals surface area contributed by atoms with Crippen molar-refractivity contribution in [3.63, 3.8) is 0 Å². The lowest BCUT2D eigenvalue weighted by Crippen LogP contribution is -2.30. The highest BCUT2D eigenvalue weighted by molar-refractivity contribution is 6.19. The number of ketones is 1. The Bertz CT molecular complexity index is 317. The first-order valence-corrected chi connectivity index (χ1v) is 4.29. The van der Waals surface area contributed by atoms with Crippen LogP contribution in [0.25, 0.3) is 0 Å². The second kappa shape index (κ2) is 5.53. The molecule has 0 radical (unpaired) electrons. The van der Waals surface area contributed by atoms with Crippen molar-refractivity contribution >= 4 is 11.8 Å². The zero-order valence-corrected chi connectivity index (χ0v) is 8.97. The van der Waals surface area contributed by atoms with Crippen LogP contribution in [0, 0.1) is 0 Å². The molecule has 0 fully saturated rings. The van der Waals surface area contributed by atoms with E-state index in [-0.39, 0.29) is 6.61 Å². The van der Waals surface area contributed by atoms with Gasteiger partial charge >= 0.3 is 12.1 Å². The van der Waals surface area contributed by atoms with Crippen molar-refractivity contribution in [1.29, 1.82) is 0 Å². The number of carbonyl (C=O) groups is 2. The molecule has 0 saturated heterocycles. The van der Waals surface area contributed by atoms with E-state index in [1.807, 2.05) is 0 Å². The molecule has 0 aliphatic heterocycles. The van der Waals surface area contributed by atoms with Crippen LogP contribution >= 0.6 is 0 Å². The number of hydrogen-bond acceptors (Lipinski definition) is 4. The van der Waals surface area contributed by atoms with Gasteiger partial charge in [-0.2, -0.15) is 13.2 Å². The van der Waals surface area contributed by atoms with Gasteiger partial charge in [0.1, 0.15) is 11.3 Å². The SMILES string of the molecule is CCOC(=O)/C(C(=O)C(F)(F)F)=C(/C)OC. The Morgan fingerprint density at radius 3 is 2.06 bits per heavy atom. The minimum Gasteiger partial charge on any atom is -0.500 e. The number of carbonyl (C=O) groups excluding carboxylic acids is 2. The number of methoxy groups -OCH3 is 1. The van der Waals surface area contributed by atoms with Crippen LogP contribution in [0.5, 0.6) is 0 Å². The highest BCUT2D eigenvalue weighted by atomic mass is 19.4. The maximum atomic E-state index is 12.1. The van der Waals surface area contributed by atoms with Gasteiger partial charge in [-0.3, -0.25) is 4.79 Å². The molecule has 0 saturated carbocycles. The summed E-state index contributed by atoms with van der Waals surface area (Å²) in [7, 11) is 1.05. The van der Waals surface area contributed by atoms with E-state index < -0.39 is 29.3 Å². The summed E-state index contributed by atoms with van der Waals surface area (Å²) in [5.41, 5.74) is -1.13. The Labute approximate surface area is 90.0 Å². The monoisotopic (exact) mass is 240 g/mol. The third-order valence-electron chi connectivity index (χ3n) is 1.62. The number of halogens is 3. The molecular formula is C9H11F3O4. The Balaban J connectivity index is 5.30. The summed E-state index contributed by atoms with van der Waals surface area (Å²) in [5, 5.41) is 0. The van der Waals surface area contributed by atoms with Crippen molar-refractivity contribution in [3.05, 3.63) is 11.3 Å². The molecule has 0 heterocycles. The molecule has 0 rings (SSSR count). The van der Waals surface area contributed by atoms with E-state index in [0.29, 0.717) is 0 Å². The zero-order chi connectivity index (χ0) is 12.9. The van der Waals surface area contributed by atoms with Crippen molar-refractivity contribution in [3.8, 4) is 0 Å². The standard InChI is InChI=1S/C9H11F3O4/c1-4-16-8(14)6(5(2)15-3)7(13)9(10,11)12/h4H2,1-3H3/b6-5-. The molecule has 92 valence electrons. The molecule has 0 aliphatic rings. The first kappa shape index (κ1) is 14.5. The molecule has 0 atom stereocenters. The largest absolute Gasteiger partial charge is 0.500 e. The molecule has 0 aromatic heterocycles.